The van der Waals surface area contributed by atoms with Crippen molar-refractivity contribution in [3.8, 4) is 5.75 Å². The Morgan fingerprint density at radius 2 is 1.85 bits per heavy atom. The van der Waals surface area contributed by atoms with Crippen LogP contribution in [0, 0.1) is 11.6 Å². The molecule has 0 heterocycles. The van der Waals surface area contributed by atoms with Gasteiger partial charge in [0.05, 0.1) is 5.39 Å². The number of hydrogen-bond donors (Lipinski definition) is 1. The monoisotopic (exact) mass is 180 g/mol. The Balaban J connectivity index is 2.94. The van der Waals surface area contributed by atoms with Gasteiger partial charge in [0, 0.05) is 6.07 Å². The van der Waals surface area contributed by atoms with Gasteiger partial charge in [-0.05, 0) is 17.5 Å². The molecule has 0 aromatic heterocycles. The van der Waals surface area contributed by atoms with Gasteiger partial charge in [0.1, 0.15) is 17.4 Å². The molecule has 0 saturated carbocycles. The van der Waals surface area contributed by atoms with E-state index >= 15 is 0 Å². The molecule has 2 aromatic carbocycles. The van der Waals surface area contributed by atoms with Crippen LogP contribution in [0.5, 0.6) is 5.75 Å². The van der Waals surface area contributed by atoms with E-state index in [-0.39, 0.29) is 11.1 Å². The van der Waals surface area contributed by atoms with Gasteiger partial charge < -0.3 is 5.11 Å². The lowest BCUT2D eigenvalue weighted by molar-refractivity contribution is 0.478. The van der Waals surface area contributed by atoms with Crippen molar-refractivity contribution in [2.75, 3.05) is 0 Å². The van der Waals surface area contributed by atoms with Crippen molar-refractivity contribution in [1.82, 2.24) is 0 Å². The van der Waals surface area contributed by atoms with E-state index in [1.807, 2.05) is 0 Å². The first-order valence-corrected chi connectivity index (χ1v) is 3.75. The molecular weight excluding hydrogens is 174 g/mol. The highest BCUT2D eigenvalue weighted by Crippen LogP contribution is 2.27. The van der Waals surface area contributed by atoms with E-state index in [2.05, 4.69) is 0 Å². The Morgan fingerprint density at radius 1 is 1.08 bits per heavy atom. The number of fused-ring (bicyclic) bond motifs is 1. The van der Waals surface area contributed by atoms with Crippen LogP contribution < -0.4 is 0 Å². The average Bonchev–Trinajstić information content (AvgIpc) is 2.02. The van der Waals surface area contributed by atoms with Crippen molar-refractivity contribution in [3.63, 3.8) is 0 Å². The number of phenols is 1. The molecule has 0 radical (unpaired) electrons. The van der Waals surface area contributed by atoms with Crippen molar-refractivity contribution in [2.45, 2.75) is 0 Å². The highest BCUT2D eigenvalue weighted by atomic mass is 19.1. The molecule has 0 aliphatic heterocycles. The highest BCUT2D eigenvalue weighted by molar-refractivity contribution is 5.88. The minimum Gasteiger partial charge on any atom is -0.507 e. The van der Waals surface area contributed by atoms with E-state index in [1.54, 1.807) is 6.07 Å². The standard InChI is InChI=1S/C10H6F2O/c11-7-4-6-2-1-3-9(13)10(6)8(12)5-7/h1-5,13H. The summed E-state index contributed by atoms with van der Waals surface area (Å²) in [5.41, 5.74) is 0. The zero-order chi connectivity index (χ0) is 9.42. The Hall–Kier alpha value is -1.64. The van der Waals surface area contributed by atoms with Crippen LogP contribution in [-0.2, 0) is 0 Å². The maximum atomic E-state index is 13.1. The first-order valence-electron chi connectivity index (χ1n) is 3.75. The summed E-state index contributed by atoms with van der Waals surface area (Å²) in [6.07, 6.45) is 0. The zero-order valence-corrected chi connectivity index (χ0v) is 6.59. The topological polar surface area (TPSA) is 20.2 Å². The molecular formula is C10H6F2O. The van der Waals surface area contributed by atoms with E-state index in [4.69, 9.17) is 0 Å². The number of phenolic OH excluding ortho intramolecular Hbond substituents is 1. The first-order chi connectivity index (χ1) is 6.18. The number of halogens is 2. The summed E-state index contributed by atoms with van der Waals surface area (Å²) in [6.45, 7) is 0. The molecule has 66 valence electrons. The summed E-state index contributed by atoms with van der Waals surface area (Å²) in [5, 5.41) is 9.70. The summed E-state index contributed by atoms with van der Waals surface area (Å²) in [5.74, 6) is -1.56. The molecule has 3 heteroatoms. The lowest BCUT2D eigenvalue weighted by atomic mass is 10.1. The summed E-state index contributed by atoms with van der Waals surface area (Å²) in [4.78, 5) is 0. The Labute approximate surface area is 73.2 Å². The van der Waals surface area contributed by atoms with Gasteiger partial charge in [-0.25, -0.2) is 8.78 Å². The molecule has 1 nitrogen and oxygen atoms in total. The Kier molecular flexibility index (Phi) is 1.65. The van der Waals surface area contributed by atoms with E-state index in [0.29, 0.717) is 5.39 Å². The Bertz CT molecular complexity index is 466. The summed E-state index contributed by atoms with van der Waals surface area (Å²) in [6, 6.07) is 6.38. The second-order valence-electron chi connectivity index (χ2n) is 2.76. The number of aromatic hydroxyl groups is 1. The molecule has 2 aromatic rings. The van der Waals surface area contributed by atoms with Crippen molar-refractivity contribution in [1.29, 1.82) is 0 Å². The van der Waals surface area contributed by atoms with Gasteiger partial charge in [0.2, 0.25) is 0 Å². The quantitative estimate of drug-likeness (QED) is 0.660. The summed E-state index contributed by atoms with van der Waals surface area (Å²) >= 11 is 0. The minimum absolute atomic E-state index is 0.0592. The maximum Gasteiger partial charge on any atom is 0.137 e. The third-order valence-corrected chi connectivity index (χ3v) is 1.87. The van der Waals surface area contributed by atoms with Crippen molar-refractivity contribution in [2.24, 2.45) is 0 Å². The van der Waals surface area contributed by atoms with Crippen LogP contribution in [-0.4, -0.2) is 5.11 Å². The molecule has 0 unspecified atom stereocenters. The molecule has 0 amide bonds. The molecule has 0 spiro atoms. The molecule has 13 heavy (non-hydrogen) atoms. The zero-order valence-electron chi connectivity index (χ0n) is 6.59. The first kappa shape index (κ1) is 7.98. The molecule has 0 aliphatic rings. The lowest BCUT2D eigenvalue weighted by Gasteiger charge is -2.01. The second-order valence-corrected chi connectivity index (χ2v) is 2.76. The van der Waals surface area contributed by atoms with Crippen LogP contribution in [0.25, 0.3) is 10.8 Å². The van der Waals surface area contributed by atoms with Gasteiger partial charge in [-0.3, -0.25) is 0 Å². The lowest BCUT2D eigenvalue weighted by Crippen LogP contribution is -1.83. The van der Waals surface area contributed by atoms with Crippen LogP contribution in [0.2, 0.25) is 0 Å². The van der Waals surface area contributed by atoms with Crippen LogP contribution >= 0.6 is 0 Å². The van der Waals surface area contributed by atoms with Crippen molar-refractivity contribution >= 4 is 10.8 Å². The fourth-order valence-corrected chi connectivity index (χ4v) is 1.32. The van der Waals surface area contributed by atoms with Gasteiger partial charge in [0.15, 0.2) is 0 Å². The Morgan fingerprint density at radius 3 is 2.62 bits per heavy atom. The fraction of sp³-hybridized carbons (Fsp3) is 0. The largest absolute Gasteiger partial charge is 0.507 e. The fourth-order valence-electron chi connectivity index (χ4n) is 1.32. The van der Waals surface area contributed by atoms with Crippen molar-refractivity contribution < 1.29 is 13.9 Å². The molecule has 0 bridgehead atoms. The van der Waals surface area contributed by atoms with E-state index in [1.165, 1.54) is 18.2 Å². The molecule has 0 aliphatic carbocycles. The summed E-state index contributed by atoms with van der Waals surface area (Å²) in [7, 11) is 0. The number of rotatable bonds is 0. The maximum absolute atomic E-state index is 13.1. The van der Waals surface area contributed by atoms with Crippen molar-refractivity contribution in [3.05, 3.63) is 42.0 Å². The molecule has 0 atom stereocenters. The van der Waals surface area contributed by atoms with Crippen LogP contribution in [0.1, 0.15) is 0 Å². The SMILES string of the molecule is Oc1cccc2cc(F)cc(F)c12. The molecule has 0 fully saturated rings. The molecule has 2 rings (SSSR count). The molecule has 0 saturated heterocycles. The highest BCUT2D eigenvalue weighted by Gasteiger charge is 2.06. The normalized spacial score (nSPS) is 10.6. The van der Waals surface area contributed by atoms with Gasteiger partial charge in [-0.2, -0.15) is 0 Å². The third-order valence-electron chi connectivity index (χ3n) is 1.87. The van der Waals surface area contributed by atoms with Crippen LogP contribution in [0.3, 0.4) is 0 Å². The summed E-state index contributed by atoms with van der Waals surface area (Å²) < 4.78 is 25.8. The van der Waals surface area contributed by atoms with E-state index in [9.17, 15) is 13.9 Å². The molecule has 1 N–H and O–H groups in total. The van der Waals surface area contributed by atoms with Gasteiger partial charge in [-0.1, -0.05) is 12.1 Å². The third kappa shape index (κ3) is 1.22. The number of benzene rings is 2. The minimum atomic E-state index is -0.742. The van der Waals surface area contributed by atoms with E-state index < -0.39 is 11.6 Å². The smallest absolute Gasteiger partial charge is 0.137 e. The predicted octanol–water partition coefficient (Wildman–Crippen LogP) is 2.82. The van der Waals surface area contributed by atoms with Gasteiger partial charge >= 0.3 is 0 Å². The average molecular weight is 180 g/mol. The van der Waals surface area contributed by atoms with Gasteiger partial charge in [0.25, 0.3) is 0 Å². The van der Waals surface area contributed by atoms with Crippen LogP contribution in [0.4, 0.5) is 8.78 Å². The van der Waals surface area contributed by atoms with Gasteiger partial charge in [-0.15, -0.1) is 0 Å². The van der Waals surface area contributed by atoms with E-state index in [0.717, 1.165) is 6.07 Å². The second kappa shape index (κ2) is 2.69. The number of hydrogen-bond acceptors (Lipinski definition) is 1. The predicted molar refractivity (Wildman–Crippen MR) is 45.5 cm³/mol. The van der Waals surface area contributed by atoms with Crippen LogP contribution in [0.15, 0.2) is 30.3 Å².